The van der Waals surface area contributed by atoms with E-state index in [-0.39, 0.29) is 6.04 Å². The van der Waals surface area contributed by atoms with Crippen molar-refractivity contribution in [2.75, 3.05) is 6.26 Å². The highest BCUT2D eigenvalue weighted by atomic mass is 32.2. The van der Waals surface area contributed by atoms with Gasteiger partial charge in [0.1, 0.15) is 0 Å². The van der Waals surface area contributed by atoms with Gasteiger partial charge in [-0.05, 0) is 30.1 Å². The Hall–Kier alpha value is -2.19. The number of hydrogen-bond donors (Lipinski definition) is 0. The quantitative estimate of drug-likeness (QED) is 0.514. The number of nitrogens with zero attached hydrogens (tertiary/aromatic N) is 1. The van der Waals surface area contributed by atoms with E-state index in [0.29, 0.717) is 0 Å². The van der Waals surface area contributed by atoms with Crippen molar-refractivity contribution in [2.45, 2.75) is 6.04 Å². The number of rotatable bonds is 9. The van der Waals surface area contributed by atoms with Gasteiger partial charge in [0.15, 0.2) is 0 Å². The van der Waals surface area contributed by atoms with Crippen LogP contribution in [0, 0.1) is 0 Å². The van der Waals surface area contributed by atoms with E-state index in [1.165, 1.54) is 0 Å². The average molecular weight is 309 g/mol. The Morgan fingerprint density at radius 3 is 2.05 bits per heavy atom. The summed E-state index contributed by atoms with van der Waals surface area (Å²) in [5.41, 5.74) is 4.20. The molecule has 0 saturated carbocycles. The molecular formula is C20H23NS. The Bertz CT molecular complexity index is 614. The summed E-state index contributed by atoms with van der Waals surface area (Å²) >= 11 is 1.65. The van der Waals surface area contributed by atoms with Crippen LogP contribution in [0.15, 0.2) is 109 Å². The second kappa shape index (κ2) is 8.30. The molecule has 1 atom stereocenters. The standard InChI is InChI=1S/C20H23NS/c1-8-14-15(9-2)21-18(12-5)16(10-3)20(21)17(11-4)19(13-6)22-7/h8-14,20H,1-6H2,7H3/b15-14+,19-17-. The van der Waals surface area contributed by atoms with E-state index in [2.05, 4.69) is 44.4 Å². The molecule has 0 amide bonds. The first kappa shape index (κ1) is 17.9. The van der Waals surface area contributed by atoms with Crippen molar-refractivity contribution in [3.05, 3.63) is 109 Å². The number of allylic oxidation sites excluding steroid dienone is 5. The number of hydrogen-bond acceptors (Lipinski definition) is 2. The van der Waals surface area contributed by atoms with Crippen LogP contribution in [0.5, 0.6) is 0 Å². The maximum absolute atomic E-state index is 3.97. The lowest BCUT2D eigenvalue weighted by Crippen LogP contribution is -2.45. The molecule has 0 saturated heterocycles. The lowest BCUT2D eigenvalue weighted by atomic mass is 9.85. The molecule has 0 spiro atoms. The summed E-state index contributed by atoms with van der Waals surface area (Å²) < 4.78 is 0. The van der Waals surface area contributed by atoms with Crippen LogP contribution in [-0.4, -0.2) is 17.2 Å². The molecule has 0 aromatic carbocycles. The zero-order valence-corrected chi connectivity index (χ0v) is 14.0. The molecule has 0 fully saturated rings. The van der Waals surface area contributed by atoms with Crippen molar-refractivity contribution in [2.24, 2.45) is 0 Å². The van der Waals surface area contributed by atoms with Gasteiger partial charge >= 0.3 is 0 Å². The van der Waals surface area contributed by atoms with E-state index < -0.39 is 0 Å². The smallest absolute Gasteiger partial charge is 0.0875 e. The van der Waals surface area contributed by atoms with E-state index in [9.17, 15) is 0 Å². The van der Waals surface area contributed by atoms with Crippen molar-refractivity contribution in [1.29, 1.82) is 0 Å². The average Bonchev–Trinajstić information content (AvgIpc) is 2.53. The largest absolute Gasteiger partial charge is 0.329 e. The Morgan fingerprint density at radius 2 is 1.68 bits per heavy atom. The molecule has 0 bridgehead atoms. The van der Waals surface area contributed by atoms with Crippen LogP contribution in [0.1, 0.15) is 0 Å². The molecule has 1 aliphatic rings. The van der Waals surface area contributed by atoms with Crippen molar-refractivity contribution in [3.8, 4) is 0 Å². The molecule has 0 radical (unpaired) electrons. The summed E-state index contributed by atoms with van der Waals surface area (Å²) in [5.74, 6) is 0. The molecule has 1 unspecified atom stereocenters. The van der Waals surface area contributed by atoms with Crippen LogP contribution >= 0.6 is 11.8 Å². The highest BCUT2D eigenvalue weighted by Crippen LogP contribution is 2.42. The van der Waals surface area contributed by atoms with E-state index in [1.807, 2.05) is 42.7 Å². The summed E-state index contributed by atoms with van der Waals surface area (Å²) in [5, 5.41) is 0. The van der Waals surface area contributed by atoms with E-state index in [4.69, 9.17) is 0 Å². The molecule has 0 aromatic heterocycles. The van der Waals surface area contributed by atoms with Crippen molar-refractivity contribution < 1.29 is 0 Å². The molecule has 22 heavy (non-hydrogen) atoms. The third-order valence-electron chi connectivity index (χ3n) is 3.50. The predicted octanol–water partition coefficient (Wildman–Crippen LogP) is 5.54. The van der Waals surface area contributed by atoms with Crippen molar-refractivity contribution in [1.82, 2.24) is 4.90 Å². The Labute approximate surface area is 138 Å². The van der Waals surface area contributed by atoms with E-state index in [0.717, 1.165) is 27.4 Å². The second-order valence-corrected chi connectivity index (χ2v) is 5.33. The summed E-state index contributed by atoms with van der Waals surface area (Å²) in [6.07, 6.45) is 15.0. The van der Waals surface area contributed by atoms with Gasteiger partial charge in [0.05, 0.1) is 6.04 Å². The van der Waals surface area contributed by atoms with Crippen LogP contribution in [0.25, 0.3) is 0 Å². The Kier molecular flexibility index (Phi) is 6.74. The van der Waals surface area contributed by atoms with Gasteiger partial charge in [-0.25, -0.2) is 0 Å². The monoisotopic (exact) mass is 309 g/mol. The maximum Gasteiger partial charge on any atom is 0.0875 e. The first-order valence-corrected chi connectivity index (χ1v) is 8.13. The maximum atomic E-state index is 3.97. The lowest BCUT2D eigenvalue weighted by Gasteiger charge is -2.46. The highest BCUT2D eigenvalue weighted by molar-refractivity contribution is 8.02. The molecule has 0 N–H and O–H groups in total. The zero-order valence-electron chi connectivity index (χ0n) is 13.2. The third kappa shape index (κ3) is 3.02. The SMILES string of the molecule is C=C/C=C(\C=C)N1C(C=C)=C(C=C)C1/C(C=C)=C(/C=C)SC. The molecule has 2 heteroatoms. The minimum absolute atomic E-state index is 0.0349. The first-order chi connectivity index (χ1) is 10.6. The van der Waals surface area contributed by atoms with Crippen LogP contribution in [0.3, 0.4) is 0 Å². The van der Waals surface area contributed by atoms with Gasteiger partial charge < -0.3 is 4.90 Å². The zero-order chi connectivity index (χ0) is 16.7. The Balaban J connectivity index is 3.58. The summed E-state index contributed by atoms with van der Waals surface area (Å²) in [6.45, 7) is 23.4. The first-order valence-electron chi connectivity index (χ1n) is 6.91. The van der Waals surface area contributed by atoms with E-state index in [1.54, 1.807) is 17.8 Å². The fraction of sp³-hybridized carbons (Fsp3) is 0.100. The fourth-order valence-electron chi connectivity index (χ4n) is 2.55. The molecule has 1 nitrogen and oxygen atoms in total. The minimum atomic E-state index is 0.0349. The van der Waals surface area contributed by atoms with Crippen LogP contribution in [-0.2, 0) is 0 Å². The molecular weight excluding hydrogens is 286 g/mol. The van der Waals surface area contributed by atoms with Gasteiger partial charge in [-0.3, -0.25) is 0 Å². The summed E-state index contributed by atoms with van der Waals surface area (Å²) in [4.78, 5) is 3.25. The minimum Gasteiger partial charge on any atom is -0.329 e. The molecule has 1 heterocycles. The molecule has 0 aliphatic carbocycles. The van der Waals surface area contributed by atoms with Gasteiger partial charge in [0.25, 0.3) is 0 Å². The second-order valence-electron chi connectivity index (χ2n) is 4.48. The highest BCUT2D eigenvalue weighted by Gasteiger charge is 2.38. The topological polar surface area (TPSA) is 3.24 Å². The van der Waals surface area contributed by atoms with Crippen LogP contribution in [0.4, 0.5) is 0 Å². The van der Waals surface area contributed by atoms with Gasteiger partial charge in [0, 0.05) is 21.9 Å². The number of thioether (sulfide) groups is 1. The van der Waals surface area contributed by atoms with Crippen molar-refractivity contribution in [3.63, 3.8) is 0 Å². The molecule has 0 aromatic rings. The van der Waals surface area contributed by atoms with Gasteiger partial charge in [-0.2, -0.15) is 0 Å². The summed E-state index contributed by atoms with van der Waals surface area (Å²) in [6, 6.07) is 0.0349. The summed E-state index contributed by atoms with van der Waals surface area (Å²) in [7, 11) is 0. The predicted molar refractivity (Wildman–Crippen MR) is 102 cm³/mol. The van der Waals surface area contributed by atoms with Crippen molar-refractivity contribution >= 4 is 11.8 Å². The van der Waals surface area contributed by atoms with Gasteiger partial charge in [-0.1, -0.05) is 63.8 Å². The van der Waals surface area contributed by atoms with Crippen LogP contribution < -0.4 is 0 Å². The fourth-order valence-corrected chi connectivity index (χ4v) is 3.15. The van der Waals surface area contributed by atoms with Gasteiger partial charge in [-0.15, -0.1) is 11.8 Å². The van der Waals surface area contributed by atoms with E-state index >= 15 is 0 Å². The molecule has 1 rings (SSSR count). The third-order valence-corrected chi connectivity index (χ3v) is 4.34. The Morgan fingerprint density at radius 1 is 1.00 bits per heavy atom. The lowest BCUT2D eigenvalue weighted by molar-refractivity contribution is 0.351. The van der Waals surface area contributed by atoms with Crippen LogP contribution in [0.2, 0.25) is 0 Å². The normalized spacial score (nSPS) is 18.9. The van der Waals surface area contributed by atoms with Gasteiger partial charge in [0.2, 0.25) is 0 Å². The molecule has 1 aliphatic heterocycles. The molecule has 114 valence electrons.